The first-order valence-electron chi connectivity index (χ1n) is 5.96. The smallest absolute Gasteiger partial charge is 0.138 e. The third-order valence-corrected chi connectivity index (χ3v) is 2.81. The van der Waals surface area contributed by atoms with Crippen LogP contribution >= 0.6 is 11.6 Å². The van der Waals surface area contributed by atoms with Gasteiger partial charge in [0.05, 0.1) is 5.02 Å². The van der Waals surface area contributed by atoms with Crippen LogP contribution in [0.2, 0.25) is 5.02 Å². The van der Waals surface area contributed by atoms with E-state index >= 15 is 0 Å². The second-order valence-electron chi connectivity index (χ2n) is 3.90. The summed E-state index contributed by atoms with van der Waals surface area (Å²) in [6.45, 7) is 3.10. The first kappa shape index (κ1) is 13.6. The van der Waals surface area contributed by atoms with Crippen molar-refractivity contribution in [3.63, 3.8) is 0 Å². The molecule has 0 aliphatic carbocycles. The highest BCUT2D eigenvalue weighted by molar-refractivity contribution is 6.32. The lowest BCUT2D eigenvalue weighted by Crippen LogP contribution is -2.05. The minimum Gasteiger partial charge on any atom is -0.487 e. The Morgan fingerprint density at radius 1 is 1.37 bits per heavy atom. The Labute approximate surface area is 116 Å². The molecule has 5 heteroatoms. The highest BCUT2D eigenvalue weighted by atomic mass is 35.5. The molecule has 0 aliphatic heterocycles. The van der Waals surface area contributed by atoms with E-state index in [9.17, 15) is 4.39 Å². The summed E-state index contributed by atoms with van der Waals surface area (Å²) in [6.07, 6.45) is 1.71. The summed E-state index contributed by atoms with van der Waals surface area (Å²) < 4.78 is 18.5. The molecule has 0 fully saturated rings. The standard InChI is InChI=1S/C14H14ClFN2O/c1-2-17-14-10(4-3-7-18-14)9-19-13-6-5-11(16)8-12(13)15/h3-8H,2,9H2,1H3,(H,17,18). The molecule has 0 radical (unpaired) electrons. The van der Waals surface area contributed by atoms with Gasteiger partial charge in [0.25, 0.3) is 0 Å². The van der Waals surface area contributed by atoms with E-state index < -0.39 is 0 Å². The molecule has 19 heavy (non-hydrogen) atoms. The number of aromatic nitrogens is 1. The fourth-order valence-corrected chi connectivity index (χ4v) is 1.85. The molecule has 2 rings (SSSR count). The van der Waals surface area contributed by atoms with E-state index in [2.05, 4.69) is 10.3 Å². The SMILES string of the molecule is CCNc1ncccc1COc1ccc(F)cc1Cl. The first-order chi connectivity index (χ1) is 9.20. The van der Waals surface area contributed by atoms with E-state index in [0.717, 1.165) is 17.9 Å². The van der Waals surface area contributed by atoms with Crippen molar-refractivity contribution in [2.24, 2.45) is 0 Å². The van der Waals surface area contributed by atoms with Gasteiger partial charge in [0.1, 0.15) is 24.0 Å². The first-order valence-corrected chi connectivity index (χ1v) is 6.34. The van der Waals surface area contributed by atoms with Crippen LogP contribution in [0.15, 0.2) is 36.5 Å². The summed E-state index contributed by atoms with van der Waals surface area (Å²) in [5.41, 5.74) is 0.921. The zero-order chi connectivity index (χ0) is 13.7. The normalized spacial score (nSPS) is 10.3. The number of nitrogens with one attached hydrogen (secondary N) is 1. The Kier molecular flexibility index (Phi) is 4.58. The molecule has 2 aromatic rings. The predicted octanol–water partition coefficient (Wildman–Crippen LogP) is 3.88. The van der Waals surface area contributed by atoms with E-state index in [0.29, 0.717) is 12.4 Å². The number of nitrogens with zero attached hydrogens (tertiary/aromatic N) is 1. The molecule has 0 spiro atoms. The molecule has 0 aliphatic rings. The van der Waals surface area contributed by atoms with Gasteiger partial charge in [-0.2, -0.15) is 0 Å². The van der Waals surface area contributed by atoms with Crippen molar-refractivity contribution in [2.45, 2.75) is 13.5 Å². The molecule has 0 atom stereocenters. The molecule has 0 bridgehead atoms. The second-order valence-corrected chi connectivity index (χ2v) is 4.31. The summed E-state index contributed by atoms with van der Waals surface area (Å²) in [5, 5.41) is 3.41. The summed E-state index contributed by atoms with van der Waals surface area (Å²) in [6, 6.07) is 7.82. The molecule has 100 valence electrons. The zero-order valence-electron chi connectivity index (χ0n) is 10.5. The van der Waals surface area contributed by atoms with Gasteiger partial charge < -0.3 is 10.1 Å². The van der Waals surface area contributed by atoms with Crippen molar-refractivity contribution in [1.82, 2.24) is 4.98 Å². The van der Waals surface area contributed by atoms with Crippen LogP contribution in [0.4, 0.5) is 10.2 Å². The highest BCUT2D eigenvalue weighted by Crippen LogP contribution is 2.26. The van der Waals surface area contributed by atoms with Crippen molar-refractivity contribution in [3.05, 3.63) is 52.9 Å². The van der Waals surface area contributed by atoms with E-state index in [1.165, 1.54) is 18.2 Å². The largest absolute Gasteiger partial charge is 0.487 e. The fraction of sp³-hybridized carbons (Fsp3) is 0.214. The summed E-state index contributed by atoms with van der Waals surface area (Å²) in [4.78, 5) is 4.23. The Balaban J connectivity index is 2.10. The maximum absolute atomic E-state index is 12.9. The monoisotopic (exact) mass is 280 g/mol. The van der Waals surface area contributed by atoms with Gasteiger partial charge in [-0.25, -0.2) is 9.37 Å². The van der Waals surface area contributed by atoms with Gasteiger partial charge in [-0.1, -0.05) is 17.7 Å². The van der Waals surface area contributed by atoms with Crippen LogP contribution in [0.1, 0.15) is 12.5 Å². The lowest BCUT2D eigenvalue weighted by molar-refractivity contribution is 0.306. The Hall–Kier alpha value is -1.81. The van der Waals surface area contributed by atoms with Gasteiger partial charge in [-0.3, -0.25) is 0 Å². The predicted molar refractivity (Wildman–Crippen MR) is 74.1 cm³/mol. The second kappa shape index (κ2) is 6.38. The lowest BCUT2D eigenvalue weighted by atomic mass is 10.2. The maximum Gasteiger partial charge on any atom is 0.138 e. The molecule has 1 aromatic carbocycles. The van der Waals surface area contributed by atoms with Gasteiger partial charge in [0.15, 0.2) is 0 Å². The molecule has 1 N–H and O–H groups in total. The third kappa shape index (κ3) is 3.58. The van der Waals surface area contributed by atoms with Gasteiger partial charge in [0.2, 0.25) is 0 Å². The lowest BCUT2D eigenvalue weighted by Gasteiger charge is -2.11. The molecule has 0 saturated heterocycles. The molecular weight excluding hydrogens is 267 g/mol. The number of hydrogen-bond donors (Lipinski definition) is 1. The van der Waals surface area contributed by atoms with Crippen LogP contribution in [0.3, 0.4) is 0 Å². The summed E-state index contributed by atoms with van der Waals surface area (Å²) >= 11 is 5.90. The van der Waals surface area contributed by atoms with Gasteiger partial charge in [-0.05, 0) is 31.2 Å². The third-order valence-electron chi connectivity index (χ3n) is 2.51. The number of halogens is 2. The number of pyridine rings is 1. The van der Waals surface area contributed by atoms with Gasteiger partial charge in [0, 0.05) is 18.3 Å². The molecule has 0 unspecified atom stereocenters. The van der Waals surface area contributed by atoms with Crippen molar-refractivity contribution >= 4 is 17.4 Å². The van der Waals surface area contributed by atoms with E-state index in [4.69, 9.17) is 16.3 Å². The minimum absolute atomic E-state index is 0.258. The van der Waals surface area contributed by atoms with Crippen LogP contribution < -0.4 is 10.1 Å². The Morgan fingerprint density at radius 3 is 2.95 bits per heavy atom. The van der Waals surface area contributed by atoms with E-state index in [-0.39, 0.29) is 10.8 Å². The van der Waals surface area contributed by atoms with Crippen molar-refractivity contribution < 1.29 is 9.13 Å². The quantitative estimate of drug-likeness (QED) is 0.902. The van der Waals surface area contributed by atoms with Gasteiger partial charge in [-0.15, -0.1) is 0 Å². The topological polar surface area (TPSA) is 34.2 Å². The van der Waals surface area contributed by atoms with Gasteiger partial charge >= 0.3 is 0 Å². The summed E-state index contributed by atoms with van der Waals surface area (Å²) in [7, 11) is 0. The van der Waals surface area contributed by atoms with Crippen LogP contribution in [0, 0.1) is 5.82 Å². The number of rotatable bonds is 5. The summed E-state index contributed by atoms with van der Waals surface area (Å²) in [5.74, 6) is 0.852. The molecule has 1 heterocycles. The highest BCUT2D eigenvalue weighted by Gasteiger charge is 2.06. The maximum atomic E-state index is 12.9. The van der Waals surface area contributed by atoms with Crippen LogP contribution in [-0.2, 0) is 6.61 Å². The number of ether oxygens (including phenoxy) is 1. The zero-order valence-corrected chi connectivity index (χ0v) is 11.2. The molecule has 1 aromatic heterocycles. The van der Waals surface area contributed by atoms with Crippen molar-refractivity contribution in [1.29, 1.82) is 0 Å². The average Bonchev–Trinajstić information content (AvgIpc) is 2.40. The molecule has 3 nitrogen and oxygen atoms in total. The fourth-order valence-electron chi connectivity index (χ4n) is 1.63. The molecular formula is C14H14ClFN2O. The number of benzene rings is 1. The number of hydrogen-bond acceptors (Lipinski definition) is 3. The van der Waals surface area contributed by atoms with Crippen LogP contribution in [-0.4, -0.2) is 11.5 Å². The van der Waals surface area contributed by atoms with E-state index in [1.54, 1.807) is 6.20 Å². The molecule has 0 amide bonds. The van der Waals surface area contributed by atoms with E-state index in [1.807, 2.05) is 19.1 Å². The Morgan fingerprint density at radius 2 is 2.21 bits per heavy atom. The van der Waals surface area contributed by atoms with Crippen molar-refractivity contribution in [2.75, 3.05) is 11.9 Å². The van der Waals surface area contributed by atoms with Crippen molar-refractivity contribution in [3.8, 4) is 5.75 Å². The minimum atomic E-state index is -0.382. The van der Waals surface area contributed by atoms with Crippen LogP contribution in [0.25, 0.3) is 0 Å². The molecule has 0 saturated carbocycles. The van der Waals surface area contributed by atoms with Crippen LogP contribution in [0.5, 0.6) is 5.75 Å². The number of anilines is 1. The Bertz CT molecular complexity index is 563. The average molecular weight is 281 g/mol.